The largest absolute Gasteiger partial charge is 0.461 e. The molecule has 0 atom stereocenters. The third kappa shape index (κ3) is 4.34. The highest BCUT2D eigenvalue weighted by atomic mass is 35.5. The molecule has 210 valence electrons. The van der Waals surface area contributed by atoms with Crippen LogP contribution in [0.2, 0.25) is 5.02 Å². The molecular formula is C28H30ClF2N7OS. The van der Waals surface area contributed by atoms with Gasteiger partial charge in [0.05, 0.1) is 20.8 Å². The minimum absolute atomic E-state index is 0.00102. The van der Waals surface area contributed by atoms with Gasteiger partial charge in [-0.05, 0) is 69.9 Å². The summed E-state index contributed by atoms with van der Waals surface area (Å²) in [6.45, 7) is 5.79. The molecular weight excluding hydrogens is 556 g/mol. The highest BCUT2D eigenvalue weighted by molar-refractivity contribution is 7.22. The average Bonchev–Trinajstić information content (AvgIpc) is 3.57. The summed E-state index contributed by atoms with van der Waals surface area (Å²) in [4.78, 5) is 18.4. The first kappa shape index (κ1) is 26.1. The summed E-state index contributed by atoms with van der Waals surface area (Å²) in [7, 11) is 0. The molecule has 0 bridgehead atoms. The zero-order valence-corrected chi connectivity index (χ0v) is 23.6. The summed E-state index contributed by atoms with van der Waals surface area (Å²) >= 11 is 7.79. The van der Waals surface area contributed by atoms with Crippen LogP contribution in [0.15, 0.2) is 18.2 Å². The van der Waals surface area contributed by atoms with E-state index in [9.17, 15) is 4.39 Å². The molecule has 0 unspecified atom stereocenters. The Hall–Kier alpha value is -2.86. The van der Waals surface area contributed by atoms with Gasteiger partial charge in [0.15, 0.2) is 10.9 Å². The number of benzene rings is 2. The molecule has 2 aromatic carbocycles. The van der Waals surface area contributed by atoms with Crippen LogP contribution in [0.1, 0.15) is 32.1 Å². The number of nitrogens with two attached hydrogens (primary N) is 1. The normalized spacial score (nSPS) is 19.4. The molecule has 3 saturated heterocycles. The first-order valence-electron chi connectivity index (χ1n) is 13.8. The average molecular weight is 586 g/mol. The molecule has 3 aliphatic rings. The van der Waals surface area contributed by atoms with Crippen LogP contribution in [-0.4, -0.2) is 71.3 Å². The van der Waals surface area contributed by atoms with E-state index in [1.807, 2.05) is 0 Å². The Bertz CT molecular complexity index is 1600. The van der Waals surface area contributed by atoms with Crippen LogP contribution in [0, 0.1) is 11.6 Å². The number of anilines is 2. The van der Waals surface area contributed by atoms with Gasteiger partial charge in [0, 0.05) is 36.1 Å². The third-order valence-corrected chi connectivity index (χ3v) is 9.74. The van der Waals surface area contributed by atoms with E-state index in [2.05, 4.69) is 25.1 Å². The lowest BCUT2D eigenvalue weighted by atomic mass is 9.95. The van der Waals surface area contributed by atoms with Crippen LogP contribution in [0.5, 0.6) is 6.01 Å². The molecule has 3 aliphatic heterocycles. The number of rotatable bonds is 5. The van der Waals surface area contributed by atoms with Gasteiger partial charge < -0.3 is 20.7 Å². The van der Waals surface area contributed by atoms with Gasteiger partial charge in [-0.25, -0.2) is 13.8 Å². The smallest absolute Gasteiger partial charge is 0.319 e. The van der Waals surface area contributed by atoms with E-state index in [-0.39, 0.29) is 43.0 Å². The fourth-order valence-corrected chi connectivity index (χ4v) is 7.68. The molecule has 3 fully saturated rings. The van der Waals surface area contributed by atoms with Crippen LogP contribution in [-0.2, 0) is 0 Å². The predicted octanol–water partition coefficient (Wildman–Crippen LogP) is 5.23. The molecule has 40 heavy (non-hydrogen) atoms. The number of ether oxygens (including phenoxy) is 1. The van der Waals surface area contributed by atoms with Crippen LogP contribution < -0.4 is 20.7 Å². The number of fused-ring (bicyclic) bond motifs is 3. The number of nitrogen functional groups attached to an aromatic ring is 1. The lowest BCUT2D eigenvalue weighted by Gasteiger charge is -2.31. The monoisotopic (exact) mass is 585 g/mol. The maximum atomic E-state index is 16.6. The van der Waals surface area contributed by atoms with Crippen molar-refractivity contribution in [1.29, 1.82) is 0 Å². The summed E-state index contributed by atoms with van der Waals surface area (Å²) in [6.07, 6.45) is 5.38. The Labute approximate surface area is 239 Å². The molecule has 0 saturated carbocycles. The second-order valence-electron chi connectivity index (χ2n) is 10.9. The minimum Gasteiger partial charge on any atom is -0.461 e. The Kier molecular flexibility index (Phi) is 6.65. The van der Waals surface area contributed by atoms with Gasteiger partial charge in [0.1, 0.15) is 23.8 Å². The van der Waals surface area contributed by atoms with Crippen molar-refractivity contribution in [3.63, 3.8) is 0 Å². The summed E-state index contributed by atoms with van der Waals surface area (Å²) < 4.78 is 37.7. The van der Waals surface area contributed by atoms with Gasteiger partial charge in [0.25, 0.3) is 0 Å². The maximum absolute atomic E-state index is 16.6. The van der Waals surface area contributed by atoms with Crippen molar-refractivity contribution >= 4 is 55.0 Å². The zero-order valence-electron chi connectivity index (χ0n) is 22.0. The Morgan fingerprint density at radius 2 is 1.85 bits per heavy atom. The number of nitrogens with zero attached hydrogens (tertiary/aromatic N) is 5. The number of nitrogens with one attached hydrogen (secondary N) is 1. The number of halogens is 3. The Morgan fingerprint density at radius 3 is 2.67 bits per heavy atom. The van der Waals surface area contributed by atoms with Gasteiger partial charge in [-0.3, -0.25) is 4.90 Å². The van der Waals surface area contributed by atoms with Gasteiger partial charge in [-0.1, -0.05) is 22.9 Å². The van der Waals surface area contributed by atoms with Crippen LogP contribution in [0.3, 0.4) is 0 Å². The van der Waals surface area contributed by atoms with E-state index in [4.69, 9.17) is 27.1 Å². The molecule has 5 heterocycles. The molecule has 0 aliphatic carbocycles. The lowest BCUT2D eigenvalue weighted by molar-refractivity contribution is 0.108. The highest BCUT2D eigenvalue weighted by Gasteiger charge is 2.45. The summed E-state index contributed by atoms with van der Waals surface area (Å²) in [5.41, 5.74) is 6.75. The molecule has 12 heteroatoms. The van der Waals surface area contributed by atoms with Gasteiger partial charge in [-0.2, -0.15) is 9.97 Å². The SMILES string of the molecule is Nc1nc2c(-c3c(Cl)cc4c(N5CCCNCC5)nc(OCC56CCCN5CCC6)nc4c3F)ccc(F)c2s1. The van der Waals surface area contributed by atoms with Crippen molar-refractivity contribution in [2.45, 2.75) is 37.6 Å². The molecule has 7 rings (SSSR count). The molecule has 0 spiro atoms. The van der Waals surface area contributed by atoms with E-state index in [1.54, 1.807) is 6.07 Å². The van der Waals surface area contributed by atoms with Crippen molar-refractivity contribution < 1.29 is 13.5 Å². The Balaban J connectivity index is 1.37. The number of thiazole rings is 1. The summed E-state index contributed by atoms with van der Waals surface area (Å²) in [5.74, 6) is -0.483. The van der Waals surface area contributed by atoms with Crippen molar-refractivity contribution in [2.75, 3.05) is 56.5 Å². The molecule has 8 nitrogen and oxygen atoms in total. The van der Waals surface area contributed by atoms with Crippen molar-refractivity contribution in [1.82, 2.24) is 25.2 Å². The molecule has 0 radical (unpaired) electrons. The standard InChI is InChI=1S/C28H30ClF2N7OS/c29-18-14-17-22(21(31)20(18)16-4-5-19(30)24-23(16)34-26(32)40-24)35-27(36-25(17)37-10-3-8-33-9-13-37)39-15-28-6-1-11-38(28)12-2-7-28/h4-5,14,33H,1-3,6-13,15H2,(H2,32,34). The number of hydrogen-bond acceptors (Lipinski definition) is 9. The second kappa shape index (κ2) is 10.2. The quantitative estimate of drug-likeness (QED) is 0.329. The van der Waals surface area contributed by atoms with E-state index in [0.717, 1.165) is 76.2 Å². The van der Waals surface area contributed by atoms with Crippen LogP contribution >= 0.6 is 22.9 Å². The fraction of sp³-hybridized carbons (Fsp3) is 0.464. The van der Waals surface area contributed by atoms with E-state index < -0.39 is 11.6 Å². The number of hydrogen-bond donors (Lipinski definition) is 2. The maximum Gasteiger partial charge on any atom is 0.319 e. The highest BCUT2D eigenvalue weighted by Crippen LogP contribution is 2.43. The van der Waals surface area contributed by atoms with Crippen LogP contribution in [0.4, 0.5) is 19.7 Å². The molecule has 4 aromatic rings. The van der Waals surface area contributed by atoms with Crippen molar-refractivity contribution in [3.8, 4) is 17.1 Å². The van der Waals surface area contributed by atoms with Crippen molar-refractivity contribution in [2.24, 2.45) is 0 Å². The second-order valence-corrected chi connectivity index (χ2v) is 12.3. The predicted molar refractivity (Wildman–Crippen MR) is 155 cm³/mol. The van der Waals surface area contributed by atoms with Crippen LogP contribution in [0.25, 0.3) is 32.2 Å². The van der Waals surface area contributed by atoms with E-state index in [0.29, 0.717) is 29.9 Å². The Morgan fingerprint density at radius 1 is 1.02 bits per heavy atom. The van der Waals surface area contributed by atoms with Gasteiger partial charge in [-0.15, -0.1) is 0 Å². The molecule has 0 amide bonds. The summed E-state index contributed by atoms with van der Waals surface area (Å²) in [5, 5.41) is 4.28. The first-order chi connectivity index (χ1) is 19.4. The minimum atomic E-state index is -0.620. The molecule has 3 N–H and O–H groups in total. The topological polar surface area (TPSA) is 92.4 Å². The van der Waals surface area contributed by atoms with Crippen molar-refractivity contribution in [3.05, 3.63) is 34.9 Å². The van der Waals surface area contributed by atoms with Gasteiger partial charge >= 0.3 is 6.01 Å². The van der Waals surface area contributed by atoms with E-state index in [1.165, 1.54) is 12.1 Å². The fourth-order valence-electron chi connectivity index (χ4n) is 6.62. The zero-order chi connectivity index (χ0) is 27.4. The lowest BCUT2D eigenvalue weighted by Crippen LogP contribution is -2.43. The third-order valence-electron chi connectivity index (χ3n) is 8.54. The van der Waals surface area contributed by atoms with Gasteiger partial charge in [0.2, 0.25) is 0 Å². The van der Waals surface area contributed by atoms with E-state index >= 15 is 4.39 Å². The first-order valence-corrected chi connectivity index (χ1v) is 15.0. The number of aromatic nitrogens is 3. The molecule has 2 aromatic heterocycles. The summed E-state index contributed by atoms with van der Waals surface area (Å²) in [6, 6.07) is 4.63.